The molecule has 0 aliphatic heterocycles. The van der Waals surface area contributed by atoms with Crippen LogP contribution in [-0.2, 0) is 17.9 Å². The molecule has 0 saturated carbocycles. The third-order valence-electron chi connectivity index (χ3n) is 6.07. The molecule has 6 nitrogen and oxygen atoms in total. The van der Waals surface area contributed by atoms with Crippen molar-refractivity contribution in [3.8, 4) is 11.5 Å². The minimum absolute atomic E-state index is 0.0532. The Labute approximate surface area is 182 Å². The fourth-order valence-electron chi connectivity index (χ4n) is 4.12. The van der Waals surface area contributed by atoms with E-state index in [1.54, 1.807) is 18.2 Å². The zero-order valence-electron chi connectivity index (χ0n) is 17.8. The summed E-state index contributed by atoms with van der Waals surface area (Å²) in [7, 11) is 0. The summed E-state index contributed by atoms with van der Waals surface area (Å²) in [5.74, 6) is 1.15. The Bertz CT molecular complexity index is 1040. The number of aromatic nitrogens is 2. The number of aromatic hydroxyl groups is 1. The van der Waals surface area contributed by atoms with Crippen LogP contribution in [0.3, 0.4) is 0 Å². The van der Waals surface area contributed by atoms with E-state index < -0.39 is 6.10 Å². The van der Waals surface area contributed by atoms with Gasteiger partial charge in [0.1, 0.15) is 5.78 Å². The Balaban J connectivity index is 1.29. The van der Waals surface area contributed by atoms with E-state index in [1.807, 2.05) is 29.2 Å². The van der Waals surface area contributed by atoms with Crippen LogP contribution >= 0.6 is 0 Å². The zero-order chi connectivity index (χ0) is 21.8. The number of carbonyl (C=O) groups is 1. The molecular weight excluding hydrogens is 392 g/mol. The Kier molecular flexibility index (Phi) is 6.47. The SMILES string of the molecule is C[C@H]1C=C[C@@H]([C@@H](O)CC(=O)CCc2ccc(O)c(OCn3cc4cc[nH]c4c3)c2)CC1. The first kappa shape index (κ1) is 21.2. The molecule has 31 heavy (non-hydrogen) atoms. The van der Waals surface area contributed by atoms with Crippen LogP contribution in [0, 0.1) is 11.8 Å². The first-order valence-corrected chi connectivity index (χ1v) is 10.9. The number of benzene rings is 1. The van der Waals surface area contributed by atoms with Gasteiger partial charge in [0, 0.05) is 42.7 Å². The van der Waals surface area contributed by atoms with Gasteiger partial charge in [-0.25, -0.2) is 0 Å². The maximum atomic E-state index is 12.4. The largest absolute Gasteiger partial charge is 0.504 e. The quantitative estimate of drug-likeness (QED) is 0.441. The maximum absolute atomic E-state index is 12.4. The fraction of sp³-hybridized carbons (Fsp3) is 0.400. The molecule has 0 bridgehead atoms. The Hall–Kier alpha value is -2.99. The van der Waals surface area contributed by atoms with Gasteiger partial charge in [0.05, 0.1) is 11.6 Å². The highest BCUT2D eigenvalue weighted by Crippen LogP contribution is 2.29. The normalized spacial score (nSPS) is 19.5. The number of fused-ring (bicyclic) bond motifs is 1. The number of aliphatic hydroxyl groups excluding tert-OH is 1. The van der Waals surface area contributed by atoms with E-state index in [-0.39, 0.29) is 30.6 Å². The lowest BCUT2D eigenvalue weighted by Gasteiger charge is -2.24. The van der Waals surface area contributed by atoms with Gasteiger partial charge in [0.2, 0.25) is 0 Å². The number of H-pyrrole nitrogens is 1. The van der Waals surface area contributed by atoms with Crippen LogP contribution < -0.4 is 4.74 Å². The lowest BCUT2D eigenvalue weighted by atomic mass is 9.84. The number of Topliss-reactive ketones (excluding diaryl/α,β-unsaturated/α-hetero) is 1. The van der Waals surface area contributed by atoms with Crippen LogP contribution in [0.5, 0.6) is 11.5 Å². The Morgan fingerprint density at radius 2 is 2.13 bits per heavy atom. The molecule has 164 valence electrons. The number of aryl methyl sites for hydroxylation is 1. The molecule has 3 aromatic rings. The molecule has 0 saturated heterocycles. The average Bonchev–Trinajstić information content (AvgIpc) is 3.34. The van der Waals surface area contributed by atoms with Crippen molar-refractivity contribution in [3.63, 3.8) is 0 Å². The summed E-state index contributed by atoms with van der Waals surface area (Å²) in [6, 6.07) is 7.16. The standard InChI is InChI=1S/C25H30N2O4/c1-17-2-6-19(7-3-17)24(30)13-21(28)8-4-18-5-9-23(29)25(12-18)31-16-27-14-20-10-11-26-22(20)15-27/h2,5-6,9-12,14-15,17,19,24,26,29-30H,3-4,7-8,13,16H2,1H3/t17-,19+,24-/m0/s1. The number of ketones is 1. The first-order chi connectivity index (χ1) is 15.0. The van der Waals surface area contributed by atoms with E-state index in [1.165, 1.54) is 0 Å². The summed E-state index contributed by atoms with van der Waals surface area (Å²) in [6.45, 7) is 2.44. The Morgan fingerprint density at radius 1 is 1.26 bits per heavy atom. The van der Waals surface area contributed by atoms with Crippen LogP contribution in [0.1, 0.15) is 38.2 Å². The van der Waals surface area contributed by atoms with Crippen molar-refractivity contribution in [2.24, 2.45) is 11.8 Å². The predicted octanol–water partition coefficient (Wildman–Crippen LogP) is 4.57. The van der Waals surface area contributed by atoms with Crippen molar-refractivity contribution in [2.75, 3.05) is 0 Å². The molecule has 4 rings (SSSR count). The zero-order valence-corrected chi connectivity index (χ0v) is 17.8. The molecule has 2 aromatic heterocycles. The molecule has 1 aliphatic rings. The smallest absolute Gasteiger partial charge is 0.165 e. The topological polar surface area (TPSA) is 87.5 Å². The fourth-order valence-corrected chi connectivity index (χ4v) is 4.12. The average molecular weight is 423 g/mol. The third-order valence-corrected chi connectivity index (χ3v) is 6.07. The van der Waals surface area contributed by atoms with Gasteiger partial charge in [-0.2, -0.15) is 0 Å². The molecule has 2 heterocycles. The molecule has 3 N–H and O–H groups in total. The van der Waals surface area contributed by atoms with Crippen molar-refractivity contribution < 1.29 is 19.7 Å². The van der Waals surface area contributed by atoms with E-state index in [0.717, 1.165) is 29.3 Å². The number of nitrogens with zero attached hydrogens (tertiary/aromatic N) is 1. The second-order valence-corrected chi connectivity index (χ2v) is 8.61. The van der Waals surface area contributed by atoms with E-state index in [0.29, 0.717) is 24.5 Å². The summed E-state index contributed by atoms with van der Waals surface area (Å²) in [5, 5.41) is 21.6. The van der Waals surface area contributed by atoms with Gasteiger partial charge in [-0.3, -0.25) is 4.79 Å². The van der Waals surface area contributed by atoms with Gasteiger partial charge < -0.3 is 24.5 Å². The minimum atomic E-state index is -0.609. The van der Waals surface area contributed by atoms with Gasteiger partial charge >= 0.3 is 0 Å². The summed E-state index contributed by atoms with van der Waals surface area (Å²) in [5.41, 5.74) is 1.95. The van der Waals surface area contributed by atoms with Crippen molar-refractivity contribution in [2.45, 2.75) is 51.9 Å². The predicted molar refractivity (Wildman–Crippen MR) is 120 cm³/mol. The van der Waals surface area contributed by atoms with Gasteiger partial charge in [-0.1, -0.05) is 25.1 Å². The molecule has 1 aliphatic carbocycles. The van der Waals surface area contributed by atoms with E-state index >= 15 is 0 Å². The van der Waals surface area contributed by atoms with Crippen LogP contribution in [0.15, 0.2) is 55.0 Å². The van der Waals surface area contributed by atoms with Crippen molar-refractivity contribution in [1.29, 1.82) is 0 Å². The highest BCUT2D eigenvalue weighted by Gasteiger charge is 2.22. The lowest BCUT2D eigenvalue weighted by Crippen LogP contribution is -2.24. The lowest BCUT2D eigenvalue weighted by molar-refractivity contribution is -0.121. The summed E-state index contributed by atoms with van der Waals surface area (Å²) < 4.78 is 7.69. The molecule has 6 heteroatoms. The second kappa shape index (κ2) is 9.43. The number of hydrogen-bond acceptors (Lipinski definition) is 4. The number of allylic oxidation sites excluding steroid dienone is 1. The van der Waals surface area contributed by atoms with Crippen molar-refractivity contribution >= 4 is 16.7 Å². The van der Waals surface area contributed by atoms with Crippen LogP contribution in [0.4, 0.5) is 0 Å². The molecule has 3 atom stereocenters. The molecule has 0 spiro atoms. The highest BCUT2D eigenvalue weighted by atomic mass is 16.5. The molecule has 0 radical (unpaired) electrons. The maximum Gasteiger partial charge on any atom is 0.165 e. The summed E-state index contributed by atoms with van der Waals surface area (Å²) >= 11 is 0. The number of nitrogens with one attached hydrogen (secondary N) is 1. The van der Waals surface area contributed by atoms with Gasteiger partial charge in [-0.05, 0) is 48.9 Å². The number of hydrogen-bond donors (Lipinski definition) is 3. The van der Waals surface area contributed by atoms with Crippen LogP contribution in [0.25, 0.3) is 10.9 Å². The van der Waals surface area contributed by atoms with E-state index in [9.17, 15) is 15.0 Å². The third kappa shape index (κ3) is 5.39. The van der Waals surface area contributed by atoms with Crippen molar-refractivity contribution in [1.82, 2.24) is 9.55 Å². The molecule has 0 fully saturated rings. The van der Waals surface area contributed by atoms with Crippen LogP contribution in [-0.4, -0.2) is 31.7 Å². The monoisotopic (exact) mass is 422 g/mol. The second-order valence-electron chi connectivity index (χ2n) is 8.61. The summed E-state index contributed by atoms with van der Waals surface area (Å²) in [6.07, 6.45) is 12.5. The highest BCUT2D eigenvalue weighted by molar-refractivity contribution is 5.79. The summed E-state index contributed by atoms with van der Waals surface area (Å²) in [4.78, 5) is 15.5. The molecule has 1 aromatic carbocycles. The van der Waals surface area contributed by atoms with Gasteiger partial charge in [-0.15, -0.1) is 0 Å². The van der Waals surface area contributed by atoms with Gasteiger partial charge in [0.25, 0.3) is 0 Å². The number of phenols is 1. The Morgan fingerprint density at radius 3 is 2.90 bits per heavy atom. The number of ether oxygens (including phenoxy) is 1. The van der Waals surface area contributed by atoms with Crippen LogP contribution in [0.2, 0.25) is 0 Å². The van der Waals surface area contributed by atoms with Gasteiger partial charge in [0.15, 0.2) is 18.2 Å². The van der Waals surface area contributed by atoms with E-state index in [4.69, 9.17) is 4.74 Å². The molecular formula is C25H30N2O4. The number of carbonyl (C=O) groups excluding carboxylic acids is 1. The van der Waals surface area contributed by atoms with E-state index in [2.05, 4.69) is 24.1 Å². The number of rotatable bonds is 9. The number of phenolic OH excluding ortho intramolecular Hbond substituents is 1. The first-order valence-electron chi connectivity index (χ1n) is 10.9. The minimum Gasteiger partial charge on any atom is -0.504 e. The molecule has 0 amide bonds. The number of aromatic amines is 1. The number of aliphatic hydroxyl groups is 1. The molecule has 0 unspecified atom stereocenters. The van der Waals surface area contributed by atoms with Crippen molar-refractivity contribution in [3.05, 3.63) is 60.6 Å².